The molecule has 1 nitrogen and oxygen atoms in total. The first-order valence-corrected chi connectivity index (χ1v) is 4.09. The van der Waals surface area contributed by atoms with Crippen molar-refractivity contribution in [2.24, 2.45) is 4.99 Å². The first kappa shape index (κ1) is 7.35. The average Bonchev–Trinajstić information content (AvgIpc) is 2.04. The summed E-state index contributed by atoms with van der Waals surface area (Å²) in [5.41, 5.74) is 4.59. The Labute approximate surface area is 73.1 Å². The van der Waals surface area contributed by atoms with Crippen LogP contribution in [-0.2, 0) is 0 Å². The van der Waals surface area contributed by atoms with Crippen molar-refractivity contribution in [1.29, 1.82) is 0 Å². The highest BCUT2D eigenvalue weighted by Crippen LogP contribution is 2.28. The van der Waals surface area contributed by atoms with Crippen LogP contribution in [0.4, 0.5) is 5.69 Å². The van der Waals surface area contributed by atoms with Crippen LogP contribution in [0.5, 0.6) is 0 Å². The quantitative estimate of drug-likeness (QED) is 0.509. The van der Waals surface area contributed by atoms with Crippen LogP contribution in [0.3, 0.4) is 0 Å². The average molecular weight is 155 g/mol. The lowest BCUT2D eigenvalue weighted by molar-refractivity contribution is 1.48. The van der Waals surface area contributed by atoms with Gasteiger partial charge in [0.05, 0.1) is 5.69 Å². The largest absolute Gasteiger partial charge is 0.267 e. The summed E-state index contributed by atoms with van der Waals surface area (Å²) in [7, 11) is 0.914. The molecule has 0 saturated heterocycles. The van der Waals surface area contributed by atoms with Crippen LogP contribution in [0.1, 0.15) is 12.5 Å². The van der Waals surface area contributed by atoms with Gasteiger partial charge in [-0.15, -0.1) is 6.58 Å². The Morgan fingerprint density at radius 1 is 1.33 bits per heavy atom. The maximum atomic E-state index is 4.45. The Kier molecular flexibility index (Phi) is 1.61. The molecule has 0 aliphatic carbocycles. The molecule has 1 aliphatic rings. The van der Waals surface area contributed by atoms with Crippen LogP contribution >= 0.6 is 0 Å². The van der Waals surface area contributed by atoms with Gasteiger partial charge in [0.25, 0.3) is 0 Å². The lowest BCUT2D eigenvalue weighted by atomic mass is 9.62. The molecule has 0 saturated carbocycles. The fourth-order valence-corrected chi connectivity index (χ4v) is 1.52. The summed E-state index contributed by atoms with van der Waals surface area (Å²) in [6, 6.07) is 8.14. The van der Waals surface area contributed by atoms with Crippen LogP contribution in [0.2, 0.25) is 0 Å². The molecule has 0 spiro atoms. The van der Waals surface area contributed by atoms with Gasteiger partial charge in [-0.1, -0.05) is 23.7 Å². The fourth-order valence-electron chi connectivity index (χ4n) is 1.52. The van der Waals surface area contributed by atoms with E-state index in [2.05, 4.69) is 17.6 Å². The lowest BCUT2D eigenvalue weighted by Gasteiger charge is -2.13. The molecular formula is C10H10BN. The SMILES string of the molecule is C=C1BC(C)=Nc2ccccc21. The minimum atomic E-state index is 0.914. The first-order valence-electron chi connectivity index (χ1n) is 4.09. The maximum Gasteiger partial charge on any atom is 0.210 e. The Balaban J connectivity index is 2.62. The van der Waals surface area contributed by atoms with Gasteiger partial charge in [-0.05, 0) is 24.2 Å². The summed E-state index contributed by atoms with van der Waals surface area (Å²) >= 11 is 0. The standard InChI is InChI=1S/C10H10BN/c1-7-9-5-3-4-6-10(9)12-8(2)11-7/h3-6,11H,1H2,2H3. The number of aliphatic imine (C=N–C) groups is 1. The Hall–Kier alpha value is -1.31. The topological polar surface area (TPSA) is 12.4 Å². The van der Waals surface area contributed by atoms with E-state index >= 15 is 0 Å². The van der Waals surface area contributed by atoms with Gasteiger partial charge in [0.2, 0.25) is 7.28 Å². The number of para-hydroxylation sites is 1. The summed E-state index contributed by atoms with van der Waals surface area (Å²) in [5, 5.41) is 0. The van der Waals surface area contributed by atoms with Crippen LogP contribution in [0.25, 0.3) is 5.47 Å². The molecule has 2 rings (SSSR count). The van der Waals surface area contributed by atoms with Crippen molar-refractivity contribution in [1.82, 2.24) is 0 Å². The van der Waals surface area contributed by atoms with E-state index in [-0.39, 0.29) is 0 Å². The molecular weight excluding hydrogens is 145 g/mol. The molecule has 0 bridgehead atoms. The highest BCUT2D eigenvalue weighted by Gasteiger charge is 2.12. The van der Waals surface area contributed by atoms with Crippen molar-refractivity contribution in [2.45, 2.75) is 6.92 Å². The predicted molar refractivity (Wildman–Crippen MR) is 55.4 cm³/mol. The lowest BCUT2D eigenvalue weighted by Crippen LogP contribution is -2.10. The van der Waals surface area contributed by atoms with Crippen molar-refractivity contribution in [3.8, 4) is 0 Å². The molecule has 0 aromatic heterocycles. The van der Waals surface area contributed by atoms with Crippen molar-refractivity contribution in [3.63, 3.8) is 0 Å². The molecule has 58 valence electrons. The van der Waals surface area contributed by atoms with E-state index in [1.807, 2.05) is 25.1 Å². The molecule has 0 unspecified atom stereocenters. The second-order valence-electron chi connectivity index (χ2n) is 3.14. The maximum absolute atomic E-state index is 4.45. The van der Waals surface area contributed by atoms with Crippen molar-refractivity contribution >= 4 is 24.1 Å². The van der Waals surface area contributed by atoms with E-state index in [1.165, 1.54) is 11.0 Å². The molecule has 0 N–H and O–H groups in total. The molecule has 12 heavy (non-hydrogen) atoms. The summed E-state index contributed by atoms with van der Waals surface area (Å²) in [4.78, 5) is 4.45. The summed E-state index contributed by atoms with van der Waals surface area (Å²) in [5.74, 6) is 0. The highest BCUT2D eigenvalue weighted by molar-refractivity contribution is 6.90. The molecule has 1 aliphatic heterocycles. The number of hydrogen-bond acceptors (Lipinski definition) is 1. The second-order valence-corrected chi connectivity index (χ2v) is 3.14. The Morgan fingerprint density at radius 3 is 2.92 bits per heavy atom. The zero-order chi connectivity index (χ0) is 8.55. The van der Waals surface area contributed by atoms with Gasteiger partial charge >= 0.3 is 0 Å². The van der Waals surface area contributed by atoms with Gasteiger partial charge in [-0.2, -0.15) is 0 Å². The first-order chi connectivity index (χ1) is 5.77. The van der Waals surface area contributed by atoms with E-state index in [0.29, 0.717) is 0 Å². The summed E-state index contributed by atoms with van der Waals surface area (Å²) in [6.07, 6.45) is 0. The number of benzene rings is 1. The van der Waals surface area contributed by atoms with Crippen LogP contribution < -0.4 is 0 Å². The van der Waals surface area contributed by atoms with Crippen LogP contribution in [0.15, 0.2) is 35.8 Å². The highest BCUT2D eigenvalue weighted by atomic mass is 14.7. The van der Waals surface area contributed by atoms with E-state index < -0.39 is 0 Å². The van der Waals surface area contributed by atoms with Crippen molar-refractivity contribution < 1.29 is 0 Å². The third-order valence-electron chi connectivity index (χ3n) is 2.07. The monoisotopic (exact) mass is 155 g/mol. The van der Waals surface area contributed by atoms with Gasteiger partial charge in [0.15, 0.2) is 0 Å². The fraction of sp³-hybridized carbons (Fsp3) is 0.100. The van der Waals surface area contributed by atoms with Gasteiger partial charge in [0.1, 0.15) is 0 Å². The molecule has 0 atom stereocenters. The molecule has 1 aromatic rings. The van der Waals surface area contributed by atoms with E-state index in [9.17, 15) is 0 Å². The zero-order valence-corrected chi connectivity index (χ0v) is 7.17. The van der Waals surface area contributed by atoms with Gasteiger partial charge in [0, 0.05) is 0 Å². The molecule has 0 fully saturated rings. The van der Waals surface area contributed by atoms with Crippen molar-refractivity contribution in [3.05, 3.63) is 36.4 Å². The van der Waals surface area contributed by atoms with E-state index in [0.717, 1.165) is 18.6 Å². The zero-order valence-electron chi connectivity index (χ0n) is 7.17. The number of hydrogen-bond donors (Lipinski definition) is 0. The number of nitrogens with zero attached hydrogens (tertiary/aromatic N) is 1. The Morgan fingerprint density at radius 2 is 2.08 bits per heavy atom. The predicted octanol–water partition coefficient (Wildman–Crippen LogP) is 2.16. The van der Waals surface area contributed by atoms with Gasteiger partial charge in [-0.25, -0.2) is 0 Å². The van der Waals surface area contributed by atoms with Gasteiger partial charge in [-0.3, -0.25) is 4.99 Å². The van der Waals surface area contributed by atoms with E-state index in [4.69, 9.17) is 0 Å². The third kappa shape index (κ3) is 1.09. The molecule has 1 heterocycles. The summed E-state index contributed by atoms with van der Waals surface area (Å²) in [6.45, 7) is 6.07. The summed E-state index contributed by atoms with van der Waals surface area (Å²) < 4.78 is 0. The van der Waals surface area contributed by atoms with Gasteiger partial charge < -0.3 is 0 Å². The number of rotatable bonds is 0. The smallest absolute Gasteiger partial charge is 0.210 e. The third-order valence-corrected chi connectivity index (χ3v) is 2.07. The minimum Gasteiger partial charge on any atom is -0.267 e. The Bertz CT molecular complexity index is 366. The van der Waals surface area contributed by atoms with Crippen LogP contribution in [-0.4, -0.2) is 12.9 Å². The van der Waals surface area contributed by atoms with Crippen molar-refractivity contribution in [2.75, 3.05) is 0 Å². The second kappa shape index (κ2) is 2.63. The minimum absolute atomic E-state index is 0.914. The normalized spacial score (nSPS) is 14.8. The van der Waals surface area contributed by atoms with Crippen LogP contribution in [0, 0.1) is 0 Å². The molecule has 0 radical (unpaired) electrons. The molecule has 1 aromatic carbocycles. The molecule has 0 amide bonds. The number of fused-ring (bicyclic) bond motifs is 1. The molecule has 2 heteroatoms. The van der Waals surface area contributed by atoms with E-state index in [1.54, 1.807) is 0 Å².